The average molecular weight is 343 g/mol. The summed E-state index contributed by atoms with van der Waals surface area (Å²) < 4.78 is 17.8. The van der Waals surface area contributed by atoms with Crippen LogP contribution >= 0.6 is 0 Å². The summed E-state index contributed by atoms with van der Waals surface area (Å²) in [4.78, 5) is 23.5. The molecular formula is C20H22FNO3. The SMILES string of the molecule is Cc1ccc(CC(=O)OCC(=O)NCCc2ccc(F)cc2)cc1C. The Morgan fingerprint density at radius 1 is 1.00 bits per heavy atom. The molecule has 1 amide bonds. The van der Waals surface area contributed by atoms with E-state index in [0.717, 1.165) is 22.3 Å². The Morgan fingerprint density at radius 3 is 2.36 bits per heavy atom. The van der Waals surface area contributed by atoms with Crippen molar-refractivity contribution >= 4 is 11.9 Å². The minimum absolute atomic E-state index is 0.143. The number of hydrogen-bond acceptors (Lipinski definition) is 3. The first-order chi connectivity index (χ1) is 11.9. The lowest BCUT2D eigenvalue weighted by molar-refractivity contribution is -0.147. The first kappa shape index (κ1) is 18.6. The number of rotatable bonds is 7. The van der Waals surface area contributed by atoms with Gasteiger partial charge in [0, 0.05) is 6.54 Å². The van der Waals surface area contributed by atoms with E-state index >= 15 is 0 Å². The lowest BCUT2D eigenvalue weighted by Gasteiger charge is -2.08. The van der Waals surface area contributed by atoms with Gasteiger partial charge in [-0.2, -0.15) is 0 Å². The summed E-state index contributed by atoms with van der Waals surface area (Å²) in [6.45, 7) is 4.10. The van der Waals surface area contributed by atoms with Gasteiger partial charge in [0.15, 0.2) is 6.61 Å². The fraction of sp³-hybridized carbons (Fsp3) is 0.300. The molecule has 0 saturated carbocycles. The number of carbonyl (C=O) groups excluding carboxylic acids is 2. The molecule has 0 bridgehead atoms. The molecule has 0 spiro atoms. The first-order valence-electron chi connectivity index (χ1n) is 8.17. The summed E-state index contributed by atoms with van der Waals surface area (Å²) >= 11 is 0. The van der Waals surface area contributed by atoms with Crippen LogP contribution < -0.4 is 5.32 Å². The molecule has 25 heavy (non-hydrogen) atoms. The second kappa shape index (κ2) is 8.97. The largest absolute Gasteiger partial charge is 0.455 e. The fourth-order valence-corrected chi connectivity index (χ4v) is 2.33. The summed E-state index contributed by atoms with van der Waals surface area (Å²) in [5.74, 6) is -1.07. The molecule has 0 fully saturated rings. The second-order valence-electron chi connectivity index (χ2n) is 5.98. The third kappa shape index (κ3) is 6.37. The van der Waals surface area contributed by atoms with Crippen molar-refractivity contribution in [1.29, 1.82) is 0 Å². The molecule has 0 radical (unpaired) electrons. The van der Waals surface area contributed by atoms with Crippen LogP contribution in [0.2, 0.25) is 0 Å². The van der Waals surface area contributed by atoms with Crippen LogP contribution in [0.1, 0.15) is 22.3 Å². The zero-order valence-corrected chi connectivity index (χ0v) is 14.5. The number of hydrogen-bond donors (Lipinski definition) is 1. The third-order valence-corrected chi connectivity index (χ3v) is 3.93. The van der Waals surface area contributed by atoms with Crippen LogP contribution in [0.4, 0.5) is 4.39 Å². The second-order valence-corrected chi connectivity index (χ2v) is 5.98. The van der Waals surface area contributed by atoms with Gasteiger partial charge in [-0.15, -0.1) is 0 Å². The molecule has 0 unspecified atom stereocenters. The molecule has 0 saturated heterocycles. The molecule has 5 heteroatoms. The third-order valence-electron chi connectivity index (χ3n) is 3.93. The molecular weight excluding hydrogens is 321 g/mol. The van der Waals surface area contributed by atoms with Gasteiger partial charge in [0.05, 0.1) is 6.42 Å². The van der Waals surface area contributed by atoms with Gasteiger partial charge in [-0.05, 0) is 54.7 Å². The topological polar surface area (TPSA) is 55.4 Å². The van der Waals surface area contributed by atoms with Crippen molar-refractivity contribution < 1.29 is 18.7 Å². The minimum atomic E-state index is -0.433. The number of carbonyl (C=O) groups is 2. The van der Waals surface area contributed by atoms with E-state index in [1.807, 2.05) is 32.0 Å². The van der Waals surface area contributed by atoms with Gasteiger partial charge in [-0.1, -0.05) is 30.3 Å². The Balaban J connectivity index is 1.67. The van der Waals surface area contributed by atoms with Gasteiger partial charge < -0.3 is 10.1 Å². The Hall–Kier alpha value is -2.69. The molecule has 2 aromatic rings. The van der Waals surface area contributed by atoms with Gasteiger partial charge in [0.25, 0.3) is 5.91 Å². The van der Waals surface area contributed by atoms with Gasteiger partial charge in [-0.25, -0.2) is 4.39 Å². The highest BCUT2D eigenvalue weighted by molar-refractivity contribution is 5.81. The first-order valence-corrected chi connectivity index (χ1v) is 8.17. The van der Waals surface area contributed by atoms with Crippen molar-refractivity contribution in [3.63, 3.8) is 0 Å². The molecule has 0 aromatic heterocycles. The molecule has 0 aliphatic rings. The zero-order chi connectivity index (χ0) is 18.2. The number of nitrogens with one attached hydrogen (secondary N) is 1. The molecule has 1 N–H and O–H groups in total. The number of amides is 1. The van der Waals surface area contributed by atoms with Crippen LogP contribution in [0.25, 0.3) is 0 Å². The predicted molar refractivity (Wildman–Crippen MR) is 93.7 cm³/mol. The number of esters is 1. The van der Waals surface area contributed by atoms with Crippen molar-refractivity contribution in [2.24, 2.45) is 0 Å². The van der Waals surface area contributed by atoms with E-state index in [9.17, 15) is 14.0 Å². The minimum Gasteiger partial charge on any atom is -0.455 e. The predicted octanol–water partition coefficient (Wildman–Crippen LogP) is 2.89. The van der Waals surface area contributed by atoms with Gasteiger partial charge in [0.2, 0.25) is 0 Å². The monoisotopic (exact) mass is 343 g/mol. The van der Waals surface area contributed by atoms with Crippen LogP contribution in [0.15, 0.2) is 42.5 Å². The van der Waals surface area contributed by atoms with E-state index in [4.69, 9.17) is 4.74 Å². The van der Waals surface area contributed by atoms with E-state index in [1.165, 1.54) is 12.1 Å². The average Bonchev–Trinajstić information content (AvgIpc) is 2.58. The van der Waals surface area contributed by atoms with E-state index in [-0.39, 0.29) is 24.8 Å². The highest BCUT2D eigenvalue weighted by Gasteiger charge is 2.09. The fourth-order valence-electron chi connectivity index (χ4n) is 2.33. The van der Waals surface area contributed by atoms with Crippen LogP contribution in [0.3, 0.4) is 0 Å². The van der Waals surface area contributed by atoms with Crippen molar-refractivity contribution in [3.05, 3.63) is 70.5 Å². The van der Waals surface area contributed by atoms with Crippen molar-refractivity contribution in [1.82, 2.24) is 5.32 Å². The van der Waals surface area contributed by atoms with Crippen LogP contribution in [0, 0.1) is 19.7 Å². The maximum absolute atomic E-state index is 12.8. The Labute approximate surface area is 147 Å². The molecule has 2 aromatic carbocycles. The summed E-state index contributed by atoms with van der Waals surface area (Å²) in [6, 6.07) is 11.9. The van der Waals surface area contributed by atoms with Crippen LogP contribution in [-0.2, 0) is 27.2 Å². The van der Waals surface area contributed by atoms with Gasteiger partial charge in [0.1, 0.15) is 5.82 Å². The molecule has 0 atom stereocenters. The van der Waals surface area contributed by atoms with E-state index in [0.29, 0.717) is 13.0 Å². The van der Waals surface area contributed by atoms with E-state index in [1.54, 1.807) is 12.1 Å². The molecule has 132 valence electrons. The van der Waals surface area contributed by atoms with Crippen LogP contribution in [-0.4, -0.2) is 25.0 Å². The number of ether oxygens (including phenoxy) is 1. The van der Waals surface area contributed by atoms with E-state index in [2.05, 4.69) is 5.32 Å². The summed E-state index contributed by atoms with van der Waals surface area (Å²) in [7, 11) is 0. The maximum Gasteiger partial charge on any atom is 0.310 e. The van der Waals surface area contributed by atoms with Crippen molar-refractivity contribution in [2.75, 3.05) is 13.2 Å². The maximum atomic E-state index is 12.8. The van der Waals surface area contributed by atoms with Gasteiger partial charge in [-0.3, -0.25) is 9.59 Å². The molecule has 4 nitrogen and oxygen atoms in total. The smallest absolute Gasteiger partial charge is 0.310 e. The van der Waals surface area contributed by atoms with Crippen molar-refractivity contribution in [2.45, 2.75) is 26.7 Å². The lowest BCUT2D eigenvalue weighted by Crippen LogP contribution is -2.30. The van der Waals surface area contributed by atoms with E-state index < -0.39 is 5.97 Å². The number of aryl methyl sites for hydroxylation is 2. The Kier molecular flexibility index (Phi) is 6.69. The van der Waals surface area contributed by atoms with Gasteiger partial charge >= 0.3 is 5.97 Å². The highest BCUT2D eigenvalue weighted by Crippen LogP contribution is 2.10. The molecule has 0 aliphatic heterocycles. The van der Waals surface area contributed by atoms with Crippen molar-refractivity contribution in [3.8, 4) is 0 Å². The Bertz CT molecular complexity index is 741. The lowest BCUT2D eigenvalue weighted by atomic mass is 10.0. The summed E-state index contributed by atoms with van der Waals surface area (Å²) in [5, 5.41) is 2.67. The normalized spacial score (nSPS) is 10.4. The highest BCUT2D eigenvalue weighted by atomic mass is 19.1. The zero-order valence-electron chi connectivity index (χ0n) is 14.5. The van der Waals surface area contributed by atoms with Crippen LogP contribution in [0.5, 0.6) is 0 Å². The number of benzene rings is 2. The molecule has 0 aliphatic carbocycles. The summed E-state index contributed by atoms with van der Waals surface area (Å²) in [5.41, 5.74) is 4.07. The summed E-state index contributed by atoms with van der Waals surface area (Å²) in [6.07, 6.45) is 0.729. The Morgan fingerprint density at radius 2 is 1.68 bits per heavy atom. The standard InChI is InChI=1S/C20H22FNO3/c1-14-3-4-17(11-15(14)2)12-20(24)25-13-19(23)22-10-9-16-5-7-18(21)8-6-16/h3-8,11H,9-10,12-13H2,1-2H3,(H,22,23). The molecule has 0 heterocycles. The molecule has 2 rings (SSSR count). The quantitative estimate of drug-likeness (QED) is 0.787. The number of halogens is 1.